The lowest BCUT2D eigenvalue weighted by Gasteiger charge is -2.23. The van der Waals surface area contributed by atoms with Gasteiger partial charge in [0.2, 0.25) is 0 Å². The molecule has 0 N–H and O–H groups in total. The van der Waals surface area contributed by atoms with Crippen molar-refractivity contribution in [2.24, 2.45) is 0 Å². The van der Waals surface area contributed by atoms with E-state index in [1.807, 2.05) is 29.8 Å². The van der Waals surface area contributed by atoms with Gasteiger partial charge in [-0.1, -0.05) is 12.1 Å². The average molecular weight is 395 g/mol. The van der Waals surface area contributed by atoms with E-state index in [-0.39, 0.29) is 5.41 Å². The molecule has 3 aromatic rings. The van der Waals surface area contributed by atoms with E-state index >= 15 is 0 Å². The van der Waals surface area contributed by atoms with Crippen LogP contribution in [-0.2, 0) is 25.0 Å². The zero-order chi connectivity index (χ0) is 19.1. The Balaban J connectivity index is 1.46. The molecule has 2 aliphatic heterocycles. The number of hydrogen-bond acceptors (Lipinski definition) is 6. The van der Waals surface area contributed by atoms with Crippen molar-refractivity contribution in [3.05, 3.63) is 79.0 Å². The van der Waals surface area contributed by atoms with E-state index in [2.05, 4.69) is 16.0 Å². The zero-order valence-corrected chi connectivity index (χ0v) is 16.3. The Kier molecular flexibility index (Phi) is 4.25. The van der Waals surface area contributed by atoms with Gasteiger partial charge in [-0.3, -0.25) is 24.0 Å². The number of nitrogens with zero attached hydrogens (tertiary/aromatic N) is 5. The van der Waals surface area contributed by atoms with Crippen LogP contribution >= 0.6 is 11.3 Å². The molecule has 2 aliphatic rings. The predicted molar refractivity (Wildman–Crippen MR) is 107 cm³/mol. The van der Waals surface area contributed by atoms with Crippen LogP contribution in [0.5, 0.6) is 0 Å². The maximum atomic E-state index is 12.7. The van der Waals surface area contributed by atoms with Crippen LogP contribution in [-0.4, -0.2) is 37.3 Å². The topological polar surface area (TPSA) is 73.0 Å². The molecule has 0 unspecified atom stereocenters. The molecule has 5 rings (SSSR count). The Morgan fingerprint density at radius 3 is 2.75 bits per heavy atom. The number of rotatable bonds is 4. The molecule has 7 nitrogen and oxygen atoms in total. The minimum atomic E-state index is -0.528. The summed E-state index contributed by atoms with van der Waals surface area (Å²) in [6.45, 7) is 3.58. The van der Waals surface area contributed by atoms with Gasteiger partial charge in [0.25, 0.3) is 0 Å². The number of hydrogen-bond donors (Lipinski definition) is 0. The summed E-state index contributed by atoms with van der Waals surface area (Å²) in [6, 6.07) is 7.95. The van der Waals surface area contributed by atoms with Crippen LogP contribution in [0.1, 0.15) is 29.1 Å². The molecule has 1 atom stereocenters. The summed E-state index contributed by atoms with van der Waals surface area (Å²) in [5, 5.41) is 6.67. The summed E-state index contributed by atoms with van der Waals surface area (Å²) in [5.41, 5.74) is 0.0702. The van der Waals surface area contributed by atoms with Gasteiger partial charge in [0.05, 0.1) is 6.54 Å². The van der Waals surface area contributed by atoms with Gasteiger partial charge in [-0.05, 0) is 42.5 Å². The predicted octanol–water partition coefficient (Wildman–Crippen LogP) is 1.46. The van der Waals surface area contributed by atoms with Crippen LogP contribution in [0.4, 0.5) is 0 Å². The summed E-state index contributed by atoms with van der Waals surface area (Å²) >= 11 is 1.57. The van der Waals surface area contributed by atoms with Crippen LogP contribution in [0.15, 0.2) is 51.6 Å². The number of thiophene rings is 1. The number of likely N-dealkylation sites (tertiary alicyclic amines) is 1. The Bertz CT molecular complexity index is 1110. The fourth-order valence-electron chi connectivity index (χ4n) is 4.46. The van der Waals surface area contributed by atoms with E-state index < -0.39 is 11.1 Å². The summed E-state index contributed by atoms with van der Waals surface area (Å²) < 4.78 is 2.97. The second-order valence-electron chi connectivity index (χ2n) is 7.67. The van der Waals surface area contributed by atoms with E-state index in [0.29, 0.717) is 13.1 Å². The van der Waals surface area contributed by atoms with E-state index in [1.165, 1.54) is 10.2 Å². The molecule has 5 heterocycles. The highest BCUT2D eigenvalue weighted by molar-refractivity contribution is 7.09. The fourth-order valence-corrected chi connectivity index (χ4v) is 5.15. The molecule has 1 spiro atoms. The second-order valence-corrected chi connectivity index (χ2v) is 8.71. The highest BCUT2D eigenvalue weighted by Gasteiger charge is 2.47. The highest BCUT2D eigenvalue weighted by atomic mass is 32.1. The lowest BCUT2D eigenvalue weighted by atomic mass is 9.85. The summed E-state index contributed by atoms with van der Waals surface area (Å²) in [5.74, 6) is 0.780. The van der Waals surface area contributed by atoms with E-state index in [9.17, 15) is 9.59 Å². The van der Waals surface area contributed by atoms with Crippen molar-refractivity contribution in [3.63, 3.8) is 0 Å². The van der Waals surface area contributed by atoms with Crippen molar-refractivity contribution in [1.29, 1.82) is 0 Å². The molecule has 0 radical (unpaired) electrons. The van der Waals surface area contributed by atoms with Gasteiger partial charge in [0.15, 0.2) is 0 Å². The van der Waals surface area contributed by atoms with Gasteiger partial charge in [0.1, 0.15) is 5.82 Å². The van der Waals surface area contributed by atoms with E-state index in [0.717, 1.165) is 43.2 Å². The van der Waals surface area contributed by atoms with Crippen molar-refractivity contribution < 1.29 is 0 Å². The molecule has 0 saturated carbocycles. The fraction of sp³-hybridized carbons (Fsp3) is 0.400. The van der Waals surface area contributed by atoms with Gasteiger partial charge >= 0.3 is 11.1 Å². The smallest absolute Gasteiger partial charge is 0.298 e. The molecular formula is C20H21N5O2S. The monoisotopic (exact) mass is 395 g/mol. The lowest BCUT2D eigenvalue weighted by molar-refractivity contribution is 0.297. The normalized spacial score (nSPS) is 21.4. The Hall–Kier alpha value is -2.58. The van der Waals surface area contributed by atoms with Crippen molar-refractivity contribution in [2.75, 3.05) is 13.1 Å². The Morgan fingerprint density at radius 1 is 1.07 bits per heavy atom. The van der Waals surface area contributed by atoms with Crippen molar-refractivity contribution >= 4 is 11.3 Å². The molecule has 0 aliphatic carbocycles. The number of aromatic nitrogens is 4. The molecule has 0 amide bonds. The van der Waals surface area contributed by atoms with Crippen molar-refractivity contribution in [2.45, 2.75) is 37.9 Å². The first kappa shape index (κ1) is 17.5. The molecule has 3 aromatic heterocycles. The van der Waals surface area contributed by atoms with Gasteiger partial charge < -0.3 is 0 Å². The quantitative estimate of drug-likeness (QED) is 0.626. The lowest BCUT2D eigenvalue weighted by Crippen LogP contribution is -2.45. The maximum Gasteiger partial charge on any atom is 0.332 e. The van der Waals surface area contributed by atoms with E-state index in [1.54, 1.807) is 22.1 Å². The van der Waals surface area contributed by atoms with Crippen LogP contribution < -0.4 is 11.1 Å². The molecule has 8 heteroatoms. The SMILES string of the molecule is O=c1c(=O)n2c(nn1Cc1cccs1)[C@@]1(CCN(Cc3cccnc3)C1)CC2. The minimum Gasteiger partial charge on any atom is -0.298 e. The molecule has 144 valence electrons. The Labute approximate surface area is 165 Å². The van der Waals surface area contributed by atoms with Crippen LogP contribution in [0.3, 0.4) is 0 Å². The summed E-state index contributed by atoms with van der Waals surface area (Å²) in [6.07, 6.45) is 5.50. The first-order valence-electron chi connectivity index (χ1n) is 9.51. The Morgan fingerprint density at radius 2 is 1.96 bits per heavy atom. The molecule has 0 bridgehead atoms. The summed E-state index contributed by atoms with van der Waals surface area (Å²) in [4.78, 5) is 32.8. The average Bonchev–Trinajstić information content (AvgIpc) is 3.43. The number of pyridine rings is 1. The maximum absolute atomic E-state index is 12.7. The molecule has 0 aromatic carbocycles. The van der Waals surface area contributed by atoms with E-state index in [4.69, 9.17) is 5.10 Å². The zero-order valence-electron chi connectivity index (χ0n) is 15.5. The third-order valence-corrected chi connectivity index (χ3v) is 6.73. The molecule has 1 saturated heterocycles. The van der Waals surface area contributed by atoms with Gasteiger partial charge in [0, 0.05) is 42.3 Å². The number of fused-ring (bicyclic) bond motifs is 2. The minimum absolute atomic E-state index is 0.147. The molecule has 1 fully saturated rings. The van der Waals surface area contributed by atoms with Gasteiger partial charge in [-0.15, -0.1) is 11.3 Å². The van der Waals surface area contributed by atoms with Crippen LogP contribution in [0, 0.1) is 0 Å². The highest BCUT2D eigenvalue weighted by Crippen LogP contribution is 2.40. The van der Waals surface area contributed by atoms with Crippen LogP contribution in [0.25, 0.3) is 0 Å². The van der Waals surface area contributed by atoms with Crippen molar-refractivity contribution in [1.82, 2.24) is 24.2 Å². The first-order valence-corrected chi connectivity index (χ1v) is 10.4. The molecular weight excluding hydrogens is 374 g/mol. The largest absolute Gasteiger partial charge is 0.332 e. The summed E-state index contributed by atoms with van der Waals surface area (Å²) in [7, 11) is 0. The standard InChI is InChI=1S/C20H21N5O2S/c26-17-18(27)25(13-16-4-2-10-28-16)22-19-20(6-9-24(17)19)5-8-23(14-20)12-15-3-1-7-21-11-15/h1-4,7,10-11H,5-6,8-9,12-14H2/t20-/m0/s1. The van der Waals surface area contributed by atoms with Gasteiger partial charge in [-0.2, -0.15) is 5.10 Å². The van der Waals surface area contributed by atoms with Gasteiger partial charge in [-0.25, -0.2) is 4.68 Å². The second kappa shape index (κ2) is 6.79. The van der Waals surface area contributed by atoms with Crippen molar-refractivity contribution in [3.8, 4) is 0 Å². The van der Waals surface area contributed by atoms with Crippen LogP contribution in [0.2, 0.25) is 0 Å². The first-order chi connectivity index (χ1) is 13.6. The molecule has 28 heavy (non-hydrogen) atoms. The third-order valence-electron chi connectivity index (χ3n) is 5.87. The third kappa shape index (κ3) is 2.93.